The van der Waals surface area contributed by atoms with E-state index in [0.29, 0.717) is 5.92 Å². The molecule has 0 unspecified atom stereocenters. The van der Waals surface area contributed by atoms with Crippen LogP contribution in [0.25, 0.3) is 0 Å². The van der Waals surface area contributed by atoms with Gasteiger partial charge in [-0.15, -0.1) is 0 Å². The third kappa shape index (κ3) is 2.42. The Labute approximate surface area is 100 Å². The monoisotopic (exact) mass is 219 g/mol. The number of nitriles is 1. The van der Waals surface area contributed by atoms with E-state index in [1.165, 1.54) is 51.4 Å². The summed E-state index contributed by atoms with van der Waals surface area (Å²) in [6.45, 7) is 4.25. The number of nitrogens with zero attached hydrogens (tertiary/aromatic N) is 1. The maximum Gasteiger partial charge on any atom is 0.0686 e. The molecule has 1 nitrogen and oxygen atoms in total. The molecule has 0 saturated heterocycles. The summed E-state index contributed by atoms with van der Waals surface area (Å²) >= 11 is 0. The predicted octanol–water partition coefficient (Wildman–Crippen LogP) is 4.53. The first kappa shape index (κ1) is 12.0. The first-order valence-electron chi connectivity index (χ1n) is 7.05. The van der Waals surface area contributed by atoms with Gasteiger partial charge in [-0.3, -0.25) is 0 Å². The molecule has 2 aliphatic rings. The van der Waals surface area contributed by atoms with Crippen LogP contribution in [0.4, 0.5) is 0 Å². The van der Waals surface area contributed by atoms with Crippen molar-refractivity contribution in [1.29, 1.82) is 5.26 Å². The van der Waals surface area contributed by atoms with Crippen molar-refractivity contribution < 1.29 is 0 Å². The fourth-order valence-electron chi connectivity index (χ4n) is 3.80. The second-order valence-corrected chi connectivity index (χ2v) is 6.50. The van der Waals surface area contributed by atoms with Gasteiger partial charge in [0.15, 0.2) is 0 Å². The average Bonchev–Trinajstić information content (AvgIpc) is 2.80. The van der Waals surface area contributed by atoms with Gasteiger partial charge in [0.1, 0.15) is 0 Å². The molecule has 2 saturated carbocycles. The molecular formula is C15H25N. The molecule has 2 aliphatic carbocycles. The van der Waals surface area contributed by atoms with Crippen LogP contribution in [-0.4, -0.2) is 0 Å². The molecule has 0 radical (unpaired) electrons. The van der Waals surface area contributed by atoms with E-state index in [2.05, 4.69) is 19.9 Å². The molecule has 0 amide bonds. The molecule has 0 heterocycles. The van der Waals surface area contributed by atoms with Crippen molar-refractivity contribution in [2.24, 2.45) is 23.2 Å². The van der Waals surface area contributed by atoms with E-state index >= 15 is 0 Å². The Bertz CT molecular complexity index is 268. The van der Waals surface area contributed by atoms with Crippen LogP contribution in [0.2, 0.25) is 0 Å². The first-order valence-corrected chi connectivity index (χ1v) is 7.05. The molecule has 0 aromatic carbocycles. The summed E-state index contributed by atoms with van der Waals surface area (Å²) in [7, 11) is 0. The summed E-state index contributed by atoms with van der Waals surface area (Å²) in [5.74, 6) is 2.59. The van der Waals surface area contributed by atoms with Crippen LogP contribution in [-0.2, 0) is 0 Å². The molecule has 0 aromatic rings. The van der Waals surface area contributed by atoms with E-state index in [0.717, 1.165) is 11.8 Å². The summed E-state index contributed by atoms with van der Waals surface area (Å²) in [6.07, 6.45) is 11.3. The van der Waals surface area contributed by atoms with Gasteiger partial charge in [0.25, 0.3) is 0 Å². The van der Waals surface area contributed by atoms with Gasteiger partial charge in [-0.25, -0.2) is 0 Å². The fourth-order valence-corrected chi connectivity index (χ4v) is 3.80. The highest BCUT2D eigenvalue weighted by Crippen LogP contribution is 2.47. The molecule has 0 aliphatic heterocycles. The zero-order valence-corrected chi connectivity index (χ0v) is 10.8. The Hall–Kier alpha value is -0.510. The minimum Gasteiger partial charge on any atom is -0.198 e. The van der Waals surface area contributed by atoms with Gasteiger partial charge in [-0.1, -0.05) is 32.1 Å². The van der Waals surface area contributed by atoms with Gasteiger partial charge in [0.05, 0.1) is 11.5 Å². The lowest BCUT2D eigenvalue weighted by Gasteiger charge is -2.29. The highest BCUT2D eigenvalue weighted by Gasteiger charge is 2.38. The quantitative estimate of drug-likeness (QED) is 0.669. The normalized spacial score (nSPS) is 32.6. The molecule has 2 rings (SSSR count). The lowest BCUT2D eigenvalue weighted by atomic mass is 9.75. The molecule has 2 fully saturated rings. The molecule has 2 atom stereocenters. The number of hydrogen-bond donors (Lipinski definition) is 0. The SMILES string of the molecule is CC(C)(C#N)[C@H]1CC[C@@H](C2CCCCC2)C1. The highest BCUT2D eigenvalue weighted by molar-refractivity contribution is 5.00. The van der Waals surface area contributed by atoms with E-state index in [9.17, 15) is 5.26 Å². The third-order valence-electron chi connectivity index (χ3n) is 5.10. The summed E-state index contributed by atoms with van der Waals surface area (Å²) in [6, 6.07) is 2.51. The zero-order chi connectivity index (χ0) is 11.6. The Kier molecular flexibility index (Phi) is 3.57. The predicted molar refractivity (Wildman–Crippen MR) is 66.8 cm³/mol. The van der Waals surface area contributed by atoms with Crippen LogP contribution < -0.4 is 0 Å². The van der Waals surface area contributed by atoms with Crippen LogP contribution in [0.1, 0.15) is 65.2 Å². The minimum absolute atomic E-state index is 0.0938. The topological polar surface area (TPSA) is 23.8 Å². The van der Waals surface area contributed by atoms with Crippen LogP contribution in [0.5, 0.6) is 0 Å². The summed E-state index contributed by atoms with van der Waals surface area (Å²) < 4.78 is 0. The van der Waals surface area contributed by atoms with Gasteiger partial charge >= 0.3 is 0 Å². The molecule has 1 heteroatoms. The summed E-state index contributed by atoms with van der Waals surface area (Å²) in [5.41, 5.74) is -0.0938. The van der Waals surface area contributed by atoms with E-state index in [-0.39, 0.29) is 5.41 Å². The van der Waals surface area contributed by atoms with Crippen molar-refractivity contribution in [3.05, 3.63) is 0 Å². The van der Waals surface area contributed by atoms with Crippen molar-refractivity contribution in [2.45, 2.75) is 65.2 Å². The van der Waals surface area contributed by atoms with Crippen LogP contribution >= 0.6 is 0 Å². The largest absolute Gasteiger partial charge is 0.198 e. The second-order valence-electron chi connectivity index (χ2n) is 6.50. The smallest absolute Gasteiger partial charge is 0.0686 e. The van der Waals surface area contributed by atoms with Gasteiger partial charge in [-0.2, -0.15) is 5.26 Å². The summed E-state index contributed by atoms with van der Waals surface area (Å²) in [4.78, 5) is 0. The van der Waals surface area contributed by atoms with Crippen LogP contribution in [0.3, 0.4) is 0 Å². The minimum atomic E-state index is -0.0938. The van der Waals surface area contributed by atoms with Crippen molar-refractivity contribution in [2.75, 3.05) is 0 Å². The molecule has 0 aromatic heterocycles. The molecule has 0 bridgehead atoms. The zero-order valence-electron chi connectivity index (χ0n) is 10.8. The summed E-state index contributed by atoms with van der Waals surface area (Å²) in [5, 5.41) is 9.20. The van der Waals surface area contributed by atoms with Crippen LogP contribution in [0, 0.1) is 34.5 Å². The van der Waals surface area contributed by atoms with E-state index in [4.69, 9.17) is 0 Å². The Balaban J connectivity index is 1.90. The maximum atomic E-state index is 9.20. The Morgan fingerprint density at radius 1 is 0.938 bits per heavy atom. The van der Waals surface area contributed by atoms with E-state index in [1.807, 2.05) is 0 Å². The van der Waals surface area contributed by atoms with Crippen molar-refractivity contribution >= 4 is 0 Å². The van der Waals surface area contributed by atoms with Gasteiger partial charge in [0, 0.05) is 0 Å². The van der Waals surface area contributed by atoms with Gasteiger partial charge in [-0.05, 0) is 50.9 Å². The van der Waals surface area contributed by atoms with Gasteiger partial charge in [0.2, 0.25) is 0 Å². The number of rotatable bonds is 2. The number of hydrogen-bond acceptors (Lipinski definition) is 1. The Morgan fingerprint density at radius 2 is 1.62 bits per heavy atom. The molecule has 0 N–H and O–H groups in total. The average molecular weight is 219 g/mol. The van der Waals surface area contributed by atoms with E-state index in [1.54, 1.807) is 0 Å². The van der Waals surface area contributed by atoms with Crippen molar-refractivity contribution in [3.8, 4) is 6.07 Å². The second kappa shape index (κ2) is 4.78. The molecular weight excluding hydrogens is 194 g/mol. The lowest BCUT2D eigenvalue weighted by molar-refractivity contribution is 0.226. The standard InChI is InChI=1S/C15H25N/c1-15(2,11-16)14-9-8-13(10-14)12-6-4-3-5-7-12/h12-14H,3-10H2,1-2H3/t13-,14+/m1/s1. The fraction of sp³-hybridized carbons (Fsp3) is 0.933. The maximum absolute atomic E-state index is 9.20. The third-order valence-corrected chi connectivity index (χ3v) is 5.10. The van der Waals surface area contributed by atoms with Crippen molar-refractivity contribution in [3.63, 3.8) is 0 Å². The van der Waals surface area contributed by atoms with Crippen LogP contribution in [0.15, 0.2) is 0 Å². The van der Waals surface area contributed by atoms with Gasteiger partial charge < -0.3 is 0 Å². The Morgan fingerprint density at radius 3 is 2.25 bits per heavy atom. The lowest BCUT2D eigenvalue weighted by Crippen LogP contribution is -2.21. The van der Waals surface area contributed by atoms with E-state index < -0.39 is 0 Å². The highest BCUT2D eigenvalue weighted by atomic mass is 14.4. The molecule has 16 heavy (non-hydrogen) atoms. The van der Waals surface area contributed by atoms with Crippen molar-refractivity contribution in [1.82, 2.24) is 0 Å². The first-order chi connectivity index (χ1) is 7.63. The molecule has 90 valence electrons. The molecule has 0 spiro atoms.